The zero-order chi connectivity index (χ0) is 12.6. The number of esters is 1. The monoisotopic (exact) mass is 264 g/mol. The normalized spacial score (nSPS) is 30.3. The molecule has 1 aliphatic heterocycles. The van der Waals surface area contributed by atoms with Crippen LogP contribution in [-0.2, 0) is 21.6 Å². The summed E-state index contributed by atoms with van der Waals surface area (Å²) in [7, 11) is 0. The van der Waals surface area contributed by atoms with Crippen LogP contribution < -0.4 is 0 Å². The number of aryl methyl sites for hydroxylation is 1. The van der Waals surface area contributed by atoms with Gasteiger partial charge in [-0.15, -0.1) is 11.6 Å². The van der Waals surface area contributed by atoms with E-state index >= 15 is 0 Å². The van der Waals surface area contributed by atoms with E-state index in [-0.39, 0.29) is 11.6 Å². The third-order valence-corrected chi connectivity index (χ3v) is 4.50. The maximum atomic E-state index is 11.7. The van der Waals surface area contributed by atoms with Gasteiger partial charge in [-0.3, -0.25) is 4.79 Å². The van der Waals surface area contributed by atoms with Crippen LogP contribution in [0.25, 0.3) is 0 Å². The molecule has 1 aromatic carbocycles. The number of fused-ring (bicyclic) bond motifs is 1. The lowest BCUT2D eigenvalue weighted by atomic mass is 9.81. The molecule has 96 valence electrons. The Morgan fingerprint density at radius 3 is 3.06 bits per heavy atom. The lowest BCUT2D eigenvalue weighted by Crippen LogP contribution is -2.29. The summed E-state index contributed by atoms with van der Waals surface area (Å²) >= 11 is 5.88. The van der Waals surface area contributed by atoms with Gasteiger partial charge < -0.3 is 4.74 Å². The van der Waals surface area contributed by atoms with E-state index in [0.717, 1.165) is 25.7 Å². The zero-order valence-corrected chi connectivity index (χ0v) is 11.1. The third-order valence-electron chi connectivity index (χ3n) is 4.31. The summed E-state index contributed by atoms with van der Waals surface area (Å²) in [6.07, 6.45) is 4.62. The lowest BCUT2D eigenvalue weighted by molar-refractivity contribution is -0.149. The van der Waals surface area contributed by atoms with Gasteiger partial charge in [-0.2, -0.15) is 0 Å². The maximum absolute atomic E-state index is 11.7. The molecule has 0 aromatic heterocycles. The van der Waals surface area contributed by atoms with Crippen molar-refractivity contribution in [2.45, 2.75) is 37.7 Å². The second kappa shape index (κ2) is 4.58. The minimum Gasteiger partial charge on any atom is -0.454 e. The summed E-state index contributed by atoms with van der Waals surface area (Å²) in [5.74, 6) is 0.924. The van der Waals surface area contributed by atoms with Crippen molar-refractivity contribution in [2.24, 2.45) is 5.92 Å². The largest absolute Gasteiger partial charge is 0.454 e. The highest BCUT2D eigenvalue weighted by molar-refractivity contribution is 6.18. The number of carbonyl (C=O) groups is 1. The predicted octanol–water partition coefficient (Wildman–Crippen LogP) is 3.41. The SMILES string of the molecule is O=C1C[C@@H]2CCC[C@]2(c2ccccc2CCCl)O1. The van der Waals surface area contributed by atoms with E-state index in [2.05, 4.69) is 12.1 Å². The number of rotatable bonds is 3. The lowest BCUT2D eigenvalue weighted by Gasteiger charge is -2.30. The molecule has 3 heteroatoms. The molecule has 0 radical (unpaired) electrons. The van der Waals surface area contributed by atoms with Crippen LogP contribution >= 0.6 is 11.6 Å². The van der Waals surface area contributed by atoms with Crippen LogP contribution in [0, 0.1) is 5.92 Å². The molecule has 1 heterocycles. The van der Waals surface area contributed by atoms with E-state index in [1.165, 1.54) is 11.1 Å². The molecule has 0 unspecified atom stereocenters. The second-order valence-electron chi connectivity index (χ2n) is 5.25. The molecule has 3 rings (SSSR count). The Hall–Kier alpha value is -1.02. The Bertz CT molecular complexity index is 471. The maximum Gasteiger partial charge on any atom is 0.307 e. The predicted molar refractivity (Wildman–Crippen MR) is 70.6 cm³/mol. The standard InChI is InChI=1S/C15H17ClO2/c16-9-7-11-4-1-2-6-13(11)15-8-3-5-12(15)10-14(17)18-15/h1-2,4,6,12H,3,5,7-10H2/t12-,15-/m0/s1. The first-order valence-electron chi connectivity index (χ1n) is 6.62. The molecule has 0 bridgehead atoms. The van der Waals surface area contributed by atoms with Crippen molar-refractivity contribution in [3.8, 4) is 0 Å². The highest BCUT2D eigenvalue weighted by Gasteiger charge is 2.53. The van der Waals surface area contributed by atoms with Crippen LogP contribution in [0.2, 0.25) is 0 Å². The van der Waals surface area contributed by atoms with Crippen molar-refractivity contribution < 1.29 is 9.53 Å². The number of hydrogen-bond acceptors (Lipinski definition) is 2. The van der Waals surface area contributed by atoms with Crippen molar-refractivity contribution in [3.05, 3.63) is 35.4 Å². The van der Waals surface area contributed by atoms with Crippen molar-refractivity contribution in [1.29, 1.82) is 0 Å². The van der Waals surface area contributed by atoms with Crippen molar-refractivity contribution in [1.82, 2.24) is 0 Å². The summed E-state index contributed by atoms with van der Waals surface area (Å²) in [6.45, 7) is 0. The minimum absolute atomic E-state index is 0.0413. The van der Waals surface area contributed by atoms with E-state index < -0.39 is 0 Å². The van der Waals surface area contributed by atoms with Crippen LogP contribution in [0.1, 0.15) is 36.8 Å². The number of benzene rings is 1. The number of halogens is 1. The van der Waals surface area contributed by atoms with Gasteiger partial charge in [0.25, 0.3) is 0 Å². The summed E-state index contributed by atoms with van der Waals surface area (Å²) in [6, 6.07) is 8.28. The third kappa shape index (κ3) is 1.74. The number of alkyl halides is 1. The number of ether oxygens (including phenoxy) is 1. The molecule has 0 spiro atoms. The molecular formula is C15H17ClO2. The van der Waals surface area contributed by atoms with Gasteiger partial charge in [-0.1, -0.05) is 24.3 Å². The number of hydrogen-bond donors (Lipinski definition) is 0. The fourth-order valence-electron chi connectivity index (χ4n) is 3.56. The van der Waals surface area contributed by atoms with Gasteiger partial charge in [0.15, 0.2) is 0 Å². The molecule has 2 fully saturated rings. The van der Waals surface area contributed by atoms with Crippen LogP contribution in [-0.4, -0.2) is 11.8 Å². The Morgan fingerprint density at radius 1 is 1.39 bits per heavy atom. The summed E-state index contributed by atoms with van der Waals surface area (Å²) in [5.41, 5.74) is 2.08. The highest BCUT2D eigenvalue weighted by Crippen LogP contribution is 2.53. The fraction of sp³-hybridized carbons (Fsp3) is 0.533. The van der Waals surface area contributed by atoms with Gasteiger partial charge in [-0.05, 0) is 36.8 Å². The Kier molecular flexibility index (Phi) is 3.06. The van der Waals surface area contributed by atoms with Crippen LogP contribution in [0.5, 0.6) is 0 Å². The molecule has 1 saturated carbocycles. The van der Waals surface area contributed by atoms with Crippen LogP contribution in [0.15, 0.2) is 24.3 Å². The molecule has 1 aliphatic carbocycles. The highest BCUT2D eigenvalue weighted by atomic mass is 35.5. The van der Waals surface area contributed by atoms with Crippen molar-refractivity contribution >= 4 is 17.6 Å². The topological polar surface area (TPSA) is 26.3 Å². The summed E-state index contributed by atoms with van der Waals surface area (Å²) < 4.78 is 5.76. The van der Waals surface area contributed by atoms with E-state index in [1.54, 1.807) is 0 Å². The molecule has 1 saturated heterocycles. The first kappa shape index (κ1) is 12.0. The van der Waals surface area contributed by atoms with Crippen LogP contribution in [0.3, 0.4) is 0 Å². The second-order valence-corrected chi connectivity index (χ2v) is 5.63. The van der Waals surface area contributed by atoms with Gasteiger partial charge in [0, 0.05) is 11.8 Å². The first-order valence-corrected chi connectivity index (χ1v) is 7.16. The zero-order valence-electron chi connectivity index (χ0n) is 10.3. The Labute approximate surface area is 112 Å². The molecule has 2 atom stereocenters. The van der Waals surface area contributed by atoms with E-state index in [9.17, 15) is 4.79 Å². The Morgan fingerprint density at radius 2 is 2.22 bits per heavy atom. The molecule has 0 amide bonds. The quantitative estimate of drug-likeness (QED) is 0.618. The molecule has 18 heavy (non-hydrogen) atoms. The van der Waals surface area contributed by atoms with Crippen molar-refractivity contribution in [3.63, 3.8) is 0 Å². The average Bonchev–Trinajstić information content (AvgIpc) is 2.86. The molecule has 2 nitrogen and oxygen atoms in total. The minimum atomic E-state index is -0.347. The van der Waals surface area contributed by atoms with Gasteiger partial charge >= 0.3 is 5.97 Å². The van der Waals surface area contributed by atoms with Gasteiger partial charge in [0.05, 0.1) is 6.42 Å². The van der Waals surface area contributed by atoms with Crippen molar-refractivity contribution in [2.75, 3.05) is 5.88 Å². The van der Waals surface area contributed by atoms with Gasteiger partial charge in [0.2, 0.25) is 0 Å². The average molecular weight is 265 g/mol. The molecule has 0 N–H and O–H groups in total. The Balaban J connectivity index is 2.05. The summed E-state index contributed by atoms with van der Waals surface area (Å²) in [4.78, 5) is 11.7. The van der Waals surface area contributed by atoms with Gasteiger partial charge in [0.1, 0.15) is 5.60 Å². The smallest absolute Gasteiger partial charge is 0.307 e. The molecular weight excluding hydrogens is 248 g/mol. The fourth-order valence-corrected chi connectivity index (χ4v) is 3.76. The first-order chi connectivity index (χ1) is 8.76. The van der Waals surface area contributed by atoms with E-state index in [0.29, 0.717) is 18.2 Å². The summed E-state index contributed by atoms with van der Waals surface area (Å²) in [5, 5.41) is 0. The molecule has 1 aromatic rings. The van der Waals surface area contributed by atoms with E-state index in [4.69, 9.17) is 16.3 Å². The van der Waals surface area contributed by atoms with E-state index in [1.807, 2.05) is 12.1 Å². The molecule has 2 aliphatic rings. The van der Waals surface area contributed by atoms with Crippen LogP contribution in [0.4, 0.5) is 0 Å². The van der Waals surface area contributed by atoms with Gasteiger partial charge in [-0.25, -0.2) is 0 Å². The number of carbonyl (C=O) groups excluding carboxylic acids is 1.